The number of aromatic carboxylic acids is 1. The van der Waals surface area contributed by atoms with Crippen LogP contribution in [0.4, 0.5) is 11.5 Å². The molecule has 0 saturated heterocycles. The number of benzene rings is 1. The normalized spacial score (nSPS) is 9.94. The maximum atomic E-state index is 11.0. The summed E-state index contributed by atoms with van der Waals surface area (Å²) in [6, 6.07) is 7.61. The predicted molar refractivity (Wildman–Crippen MR) is 63.5 cm³/mol. The molecule has 5 heteroatoms. The molecule has 1 heterocycles. The van der Waals surface area contributed by atoms with E-state index < -0.39 is 5.97 Å². The second-order valence-electron chi connectivity index (χ2n) is 3.58. The zero-order valence-corrected chi connectivity index (χ0v) is 9.21. The van der Waals surface area contributed by atoms with Gasteiger partial charge in [0.2, 0.25) is 0 Å². The lowest BCUT2D eigenvalue weighted by Crippen LogP contribution is -2.05. The Kier molecular flexibility index (Phi) is 3.00. The largest absolute Gasteiger partial charge is 0.477 e. The molecule has 0 amide bonds. The van der Waals surface area contributed by atoms with E-state index in [4.69, 9.17) is 5.11 Å². The maximum Gasteiger partial charge on any atom is 0.341 e. The van der Waals surface area contributed by atoms with Crippen LogP contribution in [0.25, 0.3) is 0 Å². The van der Waals surface area contributed by atoms with Gasteiger partial charge in [-0.05, 0) is 24.6 Å². The smallest absolute Gasteiger partial charge is 0.341 e. The van der Waals surface area contributed by atoms with E-state index in [0.29, 0.717) is 0 Å². The summed E-state index contributed by atoms with van der Waals surface area (Å²) in [6.45, 7) is 1.96. The Hall–Kier alpha value is -2.43. The van der Waals surface area contributed by atoms with E-state index in [1.54, 1.807) is 0 Å². The van der Waals surface area contributed by atoms with Gasteiger partial charge in [0.15, 0.2) is 0 Å². The number of hydrogen-bond donors (Lipinski definition) is 2. The molecular formula is C12H11N3O2. The molecule has 0 unspecified atom stereocenters. The van der Waals surface area contributed by atoms with Crippen molar-refractivity contribution >= 4 is 17.5 Å². The van der Waals surface area contributed by atoms with Gasteiger partial charge in [0.1, 0.15) is 17.7 Å². The molecule has 0 bridgehead atoms. The van der Waals surface area contributed by atoms with Crippen molar-refractivity contribution in [3.05, 3.63) is 47.9 Å². The van der Waals surface area contributed by atoms with Crippen molar-refractivity contribution in [1.29, 1.82) is 0 Å². The molecule has 0 fully saturated rings. The van der Waals surface area contributed by atoms with Gasteiger partial charge in [-0.2, -0.15) is 0 Å². The van der Waals surface area contributed by atoms with Crippen LogP contribution < -0.4 is 5.32 Å². The Morgan fingerprint density at radius 2 is 2.24 bits per heavy atom. The second-order valence-corrected chi connectivity index (χ2v) is 3.58. The van der Waals surface area contributed by atoms with Crippen LogP contribution in [-0.2, 0) is 0 Å². The van der Waals surface area contributed by atoms with Crippen LogP contribution in [0.5, 0.6) is 0 Å². The van der Waals surface area contributed by atoms with E-state index in [2.05, 4.69) is 15.3 Å². The molecule has 0 saturated carbocycles. The third-order valence-electron chi connectivity index (χ3n) is 2.22. The fourth-order valence-electron chi connectivity index (χ4n) is 1.45. The highest BCUT2D eigenvalue weighted by molar-refractivity contribution is 5.93. The average Bonchev–Trinajstić information content (AvgIpc) is 2.29. The molecule has 0 aliphatic rings. The summed E-state index contributed by atoms with van der Waals surface area (Å²) in [5.74, 6) is -0.765. The number of nitrogens with one attached hydrogen (secondary N) is 1. The van der Waals surface area contributed by atoms with Gasteiger partial charge >= 0.3 is 5.97 Å². The van der Waals surface area contributed by atoms with Gasteiger partial charge in [-0.1, -0.05) is 12.1 Å². The minimum Gasteiger partial charge on any atom is -0.477 e. The van der Waals surface area contributed by atoms with E-state index in [0.717, 1.165) is 11.3 Å². The highest BCUT2D eigenvalue weighted by Crippen LogP contribution is 2.18. The van der Waals surface area contributed by atoms with Gasteiger partial charge in [-0.15, -0.1) is 0 Å². The van der Waals surface area contributed by atoms with Crippen LogP contribution in [0.15, 0.2) is 36.8 Å². The molecule has 1 aromatic carbocycles. The highest BCUT2D eigenvalue weighted by Gasteiger charge is 2.11. The van der Waals surface area contributed by atoms with Crippen molar-refractivity contribution in [2.45, 2.75) is 6.92 Å². The van der Waals surface area contributed by atoms with Crippen molar-refractivity contribution in [2.24, 2.45) is 0 Å². The third kappa shape index (κ3) is 2.57. The van der Waals surface area contributed by atoms with Gasteiger partial charge in [0, 0.05) is 11.9 Å². The fraction of sp³-hybridized carbons (Fsp3) is 0.0833. The zero-order chi connectivity index (χ0) is 12.3. The Morgan fingerprint density at radius 1 is 1.41 bits per heavy atom. The van der Waals surface area contributed by atoms with Crippen LogP contribution in [0.1, 0.15) is 15.9 Å². The summed E-state index contributed by atoms with van der Waals surface area (Å²) in [5.41, 5.74) is 1.93. The first kappa shape index (κ1) is 11.1. The van der Waals surface area contributed by atoms with E-state index in [1.807, 2.05) is 31.2 Å². The van der Waals surface area contributed by atoms with Crippen molar-refractivity contribution < 1.29 is 9.90 Å². The summed E-state index contributed by atoms with van der Waals surface area (Å²) in [7, 11) is 0. The Morgan fingerprint density at radius 3 is 2.94 bits per heavy atom. The molecule has 0 atom stereocenters. The molecular weight excluding hydrogens is 218 g/mol. The Balaban J connectivity index is 2.33. The Labute approximate surface area is 98.2 Å². The minimum atomic E-state index is -1.05. The standard InChI is InChI=1S/C12H11N3O2/c1-8-3-2-4-9(5-8)15-11-10(12(16)17)6-13-7-14-11/h2-7H,1H3,(H,16,17)(H,13,14,15). The predicted octanol–water partition coefficient (Wildman–Crippen LogP) is 2.23. The van der Waals surface area contributed by atoms with E-state index in [9.17, 15) is 4.79 Å². The van der Waals surface area contributed by atoms with Crippen molar-refractivity contribution in [3.8, 4) is 0 Å². The average molecular weight is 229 g/mol. The van der Waals surface area contributed by atoms with E-state index in [-0.39, 0.29) is 11.4 Å². The topological polar surface area (TPSA) is 75.1 Å². The van der Waals surface area contributed by atoms with Crippen molar-refractivity contribution in [3.63, 3.8) is 0 Å². The number of aryl methyl sites for hydroxylation is 1. The van der Waals surface area contributed by atoms with Crippen LogP contribution in [0.3, 0.4) is 0 Å². The molecule has 2 rings (SSSR count). The number of carbonyl (C=O) groups is 1. The Bertz CT molecular complexity index is 555. The van der Waals surface area contributed by atoms with Gasteiger partial charge in [0.25, 0.3) is 0 Å². The minimum absolute atomic E-state index is 0.0500. The van der Waals surface area contributed by atoms with E-state index >= 15 is 0 Å². The fourth-order valence-corrected chi connectivity index (χ4v) is 1.45. The summed E-state index contributed by atoms with van der Waals surface area (Å²) in [5, 5.41) is 11.9. The van der Waals surface area contributed by atoms with Crippen LogP contribution >= 0.6 is 0 Å². The molecule has 1 aromatic heterocycles. The van der Waals surface area contributed by atoms with Gasteiger partial charge in [-0.25, -0.2) is 14.8 Å². The molecule has 5 nitrogen and oxygen atoms in total. The van der Waals surface area contributed by atoms with Crippen LogP contribution in [0, 0.1) is 6.92 Å². The summed E-state index contributed by atoms with van der Waals surface area (Å²) in [6.07, 6.45) is 2.58. The maximum absolute atomic E-state index is 11.0. The first-order valence-electron chi connectivity index (χ1n) is 5.04. The molecule has 2 N–H and O–H groups in total. The monoisotopic (exact) mass is 229 g/mol. The van der Waals surface area contributed by atoms with Crippen LogP contribution in [-0.4, -0.2) is 21.0 Å². The lowest BCUT2D eigenvalue weighted by atomic mass is 10.2. The number of anilines is 2. The molecule has 0 radical (unpaired) electrons. The SMILES string of the molecule is Cc1cccc(Nc2ncncc2C(=O)O)c1. The van der Waals surface area contributed by atoms with Crippen LogP contribution in [0.2, 0.25) is 0 Å². The number of carboxylic acids is 1. The number of nitrogens with zero attached hydrogens (tertiary/aromatic N) is 2. The quantitative estimate of drug-likeness (QED) is 0.844. The molecule has 0 aliphatic carbocycles. The first-order chi connectivity index (χ1) is 8.16. The third-order valence-corrected chi connectivity index (χ3v) is 2.22. The lowest BCUT2D eigenvalue weighted by Gasteiger charge is -2.08. The molecule has 0 aliphatic heterocycles. The summed E-state index contributed by atoms with van der Waals surface area (Å²) >= 11 is 0. The highest BCUT2D eigenvalue weighted by atomic mass is 16.4. The van der Waals surface area contributed by atoms with Gasteiger partial charge in [-0.3, -0.25) is 0 Å². The molecule has 86 valence electrons. The number of carboxylic acid groups (broad SMARTS) is 1. The summed E-state index contributed by atoms with van der Waals surface area (Å²) in [4.78, 5) is 18.6. The van der Waals surface area contributed by atoms with Crippen molar-refractivity contribution in [1.82, 2.24) is 9.97 Å². The second kappa shape index (κ2) is 4.61. The molecule has 17 heavy (non-hydrogen) atoms. The van der Waals surface area contributed by atoms with Crippen molar-refractivity contribution in [2.75, 3.05) is 5.32 Å². The van der Waals surface area contributed by atoms with Gasteiger partial charge < -0.3 is 10.4 Å². The lowest BCUT2D eigenvalue weighted by molar-refractivity contribution is 0.0697. The van der Waals surface area contributed by atoms with Gasteiger partial charge in [0.05, 0.1) is 0 Å². The zero-order valence-electron chi connectivity index (χ0n) is 9.21. The molecule has 2 aromatic rings. The summed E-state index contributed by atoms with van der Waals surface area (Å²) < 4.78 is 0. The first-order valence-corrected chi connectivity index (χ1v) is 5.04. The molecule has 0 spiro atoms. The number of rotatable bonds is 3. The van der Waals surface area contributed by atoms with E-state index in [1.165, 1.54) is 12.5 Å². The number of aromatic nitrogens is 2. The number of hydrogen-bond acceptors (Lipinski definition) is 4.